The molecule has 2 atom stereocenters. The maximum atomic E-state index is 14.0. The molecular formula is C28H30F5N5O4. The van der Waals surface area contributed by atoms with E-state index in [9.17, 15) is 31.5 Å². The van der Waals surface area contributed by atoms with Crippen LogP contribution in [0.2, 0.25) is 0 Å². The number of alkyl halides is 5. The van der Waals surface area contributed by atoms with Crippen LogP contribution in [-0.4, -0.2) is 39.2 Å². The van der Waals surface area contributed by atoms with Gasteiger partial charge in [-0.25, -0.2) is 18.4 Å². The molecule has 2 heterocycles. The topological polar surface area (TPSA) is 123 Å². The Kier molecular flexibility index (Phi) is 7.42. The molecule has 3 aromatic rings. The molecule has 3 fully saturated rings. The summed E-state index contributed by atoms with van der Waals surface area (Å²) >= 11 is 0. The lowest BCUT2D eigenvalue weighted by Gasteiger charge is -2.32. The lowest BCUT2D eigenvalue weighted by molar-refractivity contribution is -0.144. The molecule has 3 aliphatic carbocycles. The van der Waals surface area contributed by atoms with Crippen LogP contribution in [0.15, 0.2) is 27.2 Å². The van der Waals surface area contributed by atoms with Gasteiger partial charge in [0.15, 0.2) is 11.3 Å². The predicted octanol–water partition coefficient (Wildman–Crippen LogP) is 6.29. The third kappa shape index (κ3) is 6.57. The van der Waals surface area contributed by atoms with Crippen molar-refractivity contribution in [2.24, 2.45) is 11.8 Å². The van der Waals surface area contributed by atoms with E-state index in [1.165, 1.54) is 0 Å². The van der Waals surface area contributed by atoms with Crippen LogP contribution in [0.25, 0.3) is 11.1 Å². The zero-order valence-corrected chi connectivity index (χ0v) is 22.6. The Morgan fingerprint density at radius 1 is 0.976 bits per heavy atom. The molecule has 14 heteroatoms. The number of fused-ring (bicyclic) bond motifs is 1. The maximum Gasteiger partial charge on any atom is 0.389 e. The Bertz CT molecular complexity index is 1450. The smallest absolute Gasteiger partial charge is 0.389 e. The maximum absolute atomic E-state index is 14.0. The van der Waals surface area contributed by atoms with Crippen LogP contribution in [0.3, 0.4) is 0 Å². The lowest BCUT2D eigenvalue weighted by Crippen LogP contribution is -2.37. The van der Waals surface area contributed by atoms with E-state index in [-0.39, 0.29) is 55.0 Å². The largest absolute Gasteiger partial charge is 0.438 e. The average molecular weight is 596 g/mol. The highest BCUT2D eigenvalue weighted by atomic mass is 19.4. The first-order chi connectivity index (χ1) is 20.0. The van der Waals surface area contributed by atoms with Gasteiger partial charge in [0.05, 0.1) is 12.5 Å². The van der Waals surface area contributed by atoms with E-state index in [2.05, 4.69) is 25.9 Å². The first-order valence-electron chi connectivity index (χ1n) is 14.2. The fourth-order valence-corrected chi connectivity index (χ4v) is 5.66. The van der Waals surface area contributed by atoms with Gasteiger partial charge in [0, 0.05) is 25.2 Å². The summed E-state index contributed by atoms with van der Waals surface area (Å²) in [7, 11) is 0. The molecule has 3 aliphatic rings. The fraction of sp³-hybridized carbons (Fsp3) is 0.607. The number of benzene rings is 1. The van der Waals surface area contributed by atoms with Gasteiger partial charge in [-0.05, 0) is 73.2 Å². The van der Waals surface area contributed by atoms with Gasteiger partial charge in [-0.3, -0.25) is 9.59 Å². The van der Waals surface area contributed by atoms with E-state index in [1.54, 1.807) is 18.2 Å². The molecule has 3 saturated carbocycles. The number of nitrogens with one attached hydrogen (secondary N) is 2. The van der Waals surface area contributed by atoms with Gasteiger partial charge in [0.25, 0.3) is 5.91 Å². The normalized spacial score (nSPS) is 20.8. The van der Waals surface area contributed by atoms with Crippen molar-refractivity contribution in [3.8, 4) is 0 Å². The fourth-order valence-electron chi connectivity index (χ4n) is 5.66. The third-order valence-corrected chi connectivity index (χ3v) is 8.31. The summed E-state index contributed by atoms with van der Waals surface area (Å²) in [6.07, 6.45) is -3.27. The molecule has 0 aliphatic heterocycles. The number of halogens is 5. The Morgan fingerprint density at radius 3 is 2.36 bits per heavy atom. The van der Waals surface area contributed by atoms with Gasteiger partial charge in [-0.15, -0.1) is 0 Å². The molecule has 0 radical (unpaired) electrons. The standard InChI is InChI=1S/C28H30F5N5O4/c29-27(30)10-7-16(8-11-27)23(36-25(40)24-22(15-3-4-15)37-42-38-24)26-34-18-13-17(5-6-19(18)41-26)21(14-1-2-14)35-20(39)9-12-28(31,32)33/h5-6,13-16,21,23H,1-4,7-12H2,(H,35,39)(H,36,40)/t21-,23-/m0/s1. The van der Waals surface area contributed by atoms with Gasteiger partial charge in [-0.1, -0.05) is 11.2 Å². The molecule has 42 heavy (non-hydrogen) atoms. The van der Waals surface area contributed by atoms with E-state index in [0.717, 1.165) is 25.7 Å². The van der Waals surface area contributed by atoms with E-state index < -0.39 is 48.8 Å². The van der Waals surface area contributed by atoms with Crippen LogP contribution in [0.1, 0.15) is 110 Å². The van der Waals surface area contributed by atoms with Crippen LogP contribution >= 0.6 is 0 Å². The molecule has 0 unspecified atom stereocenters. The van der Waals surface area contributed by atoms with Gasteiger partial charge in [0.2, 0.25) is 17.7 Å². The molecule has 0 bridgehead atoms. The number of amides is 2. The molecule has 0 saturated heterocycles. The summed E-state index contributed by atoms with van der Waals surface area (Å²) in [6, 6.07) is 3.78. The number of hydrogen-bond acceptors (Lipinski definition) is 7. The molecule has 2 N–H and O–H groups in total. The number of hydrogen-bond donors (Lipinski definition) is 2. The second-order valence-electron chi connectivity index (χ2n) is 11.7. The van der Waals surface area contributed by atoms with E-state index in [0.29, 0.717) is 22.4 Å². The zero-order valence-electron chi connectivity index (χ0n) is 22.6. The minimum atomic E-state index is -4.42. The highest BCUT2D eigenvalue weighted by molar-refractivity contribution is 5.93. The van der Waals surface area contributed by atoms with Crippen molar-refractivity contribution in [3.63, 3.8) is 0 Å². The summed E-state index contributed by atoms with van der Waals surface area (Å²) in [5.74, 6) is -4.06. The average Bonchev–Trinajstić information content (AvgIpc) is 3.87. The number of carbonyl (C=O) groups excluding carboxylic acids is 2. The van der Waals surface area contributed by atoms with Crippen LogP contribution in [0.5, 0.6) is 0 Å². The monoisotopic (exact) mass is 595 g/mol. The van der Waals surface area contributed by atoms with Gasteiger partial charge < -0.3 is 15.1 Å². The van der Waals surface area contributed by atoms with Crippen LogP contribution in [0.4, 0.5) is 22.0 Å². The summed E-state index contributed by atoms with van der Waals surface area (Å²) in [4.78, 5) is 30.2. The Labute approximate surface area is 236 Å². The quantitative estimate of drug-likeness (QED) is 0.264. The van der Waals surface area contributed by atoms with Crippen molar-refractivity contribution in [1.29, 1.82) is 0 Å². The highest BCUT2D eigenvalue weighted by Crippen LogP contribution is 2.44. The summed E-state index contributed by atoms with van der Waals surface area (Å²) in [5.41, 5.74) is 1.99. The number of carbonyl (C=O) groups is 2. The first-order valence-corrected chi connectivity index (χ1v) is 14.2. The van der Waals surface area contributed by atoms with Crippen molar-refractivity contribution in [2.45, 2.75) is 94.3 Å². The second-order valence-corrected chi connectivity index (χ2v) is 11.7. The lowest BCUT2D eigenvalue weighted by atomic mass is 9.82. The molecule has 9 nitrogen and oxygen atoms in total. The van der Waals surface area contributed by atoms with E-state index >= 15 is 0 Å². The molecule has 226 valence electrons. The molecule has 0 spiro atoms. The van der Waals surface area contributed by atoms with Gasteiger partial charge in [0.1, 0.15) is 17.3 Å². The summed E-state index contributed by atoms with van der Waals surface area (Å²) in [6.45, 7) is 0. The SMILES string of the molecule is O=C(CCC(F)(F)F)N[C@H](c1ccc2oc([C@@H](NC(=O)c3nonc3C3CC3)C3CCC(F)(F)CC3)nc2c1)C1CC1. The van der Waals surface area contributed by atoms with Crippen LogP contribution in [0, 0.1) is 11.8 Å². The first kappa shape index (κ1) is 28.5. The number of rotatable bonds is 10. The molecule has 2 amide bonds. The van der Waals surface area contributed by atoms with Crippen molar-refractivity contribution >= 4 is 22.9 Å². The minimum Gasteiger partial charge on any atom is -0.438 e. The molecule has 1 aromatic carbocycles. The molecule has 6 rings (SSSR count). The Morgan fingerprint density at radius 2 is 1.69 bits per heavy atom. The van der Waals surface area contributed by atoms with Gasteiger partial charge in [-0.2, -0.15) is 13.2 Å². The predicted molar refractivity (Wildman–Crippen MR) is 136 cm³/mol. The van der Waals surface area contributed by atoms with Crippen LogP contribution in [-0.2, 0) is 4.79 Å². The van der Waals surface area contributed by atoms with Crippen molar-refractivity contribution in [3.05, 3.63) is 41.0 Å². The Hall–Kier alpha value is -3.58. The highest BCUT2D eigenvalue weighted by Gasteiger charge is 2.42. The number of aromatic nitrogens is 3. The Balaban J connectivity index is 1.25. The van der Waals surface area contributed by atoms with E-state index in [1.807, 2.05) is 0 Å². The number of nitrogens with zero attached hydrogens (tertiary/aromatic N) is 3. The van der Waals surface area contributed by atoms with Crippen LogP contribution < -0.4 is 10.6 Å². The van der Waals surface area contributed by atoms with Crippen molar-refractivity contribution in [1.82, 2.24) is 25.9 Å². The summed E-state index contributed by atoms with van der Waals surface area (Å²) in [5, 5.41) is 13.3. The second kappa shape index (κ2) is 10.9. The zero-order chi connectivity index (χ0) is 29.6. The molecular weight excluding hydrogens is 565 g/mol. The molecule has 2 aromatic heterocycles. The van der Waals surface area contributed by atoms with Crippen molar-refractivity contribution in [2.75, 3.05) is 0 Å². The van der Waals surface area contributed by atoms with Crippen molar-refractivity contribution < 1.29 is 40.6 Å². The minimum absolute atomic E-state index is 0.0515. The van der Waals surface area contributed by atoms with E-state index in [4.69, 9.17) is 9.05 Å². The third-order valence-electron chi connectivity index (χ3n) is 8.31. The number of oxazole rings is 1. The summed E-state index contributed by atoms with van der Waals surface area (Å²) < 4.78 is 76.6. The van der Waals surface area contributed by atoms with Gasteiger partial charge >= 0.3 is 6.18 Å².